The monoisotopic (exact) mass is 1850 g/mol. The smallest absolute Gasteiger partial charge is 0.290 e. The van der Waals surface area contributed by atoms with Crippen molar-refractivity contribution in [2.75, 3.05) is 153 Å². The second kappa shape index (κ2) is 53.4. The summed E-state index contributed by atoms with van der Waals surface area (Å²) in [5, 5.41) is 0. The number of hydrogen-bond donors (Lipinski definition) is 0. The highest BCUT2D eigenvalue weighted by Crippen LogP contribution is 2.25. The predicted octanol–water partition coefficient (Wildman–Crippen LogP) is 15.9. The van der Waals surface area contributed by atoms with Crippen LogP contribution in [0.15, 0.2) is 280 Å². The van der Waals surface area contributed by atoms with Gasteiger partial charge in [0.05, 0.1) is 192 Å². The van der Waals surface area contributed by atoms with E-state index in [2.05, 4.69) is 285 Å². The Hall–Kier alpha value is -12.4. The Kier molecular flexibility index (Phi) is 39.7. The van der Waals surface area contributed by atoms with E-state index in [4.69, 9.17) is 0 Å². The fourth-order valence-corrected chi connectivity index (χ4v) is 20.5. The molecule has 21 heteroatoms. The molecule has 0 amide bonds. The van der Waals surface area contributed by atoms with E-state index in [1.165, 1.54) is 246 Å². The van der Waals surface area contributed by atoms with E-state index in [9.17, 15) is 14.4 Å². The molecule has 8 aromatic carbocycles. The second-order valence-electron chi connectivity index (χ2n) is 39.5. The predicted molar refractivity (Wildman–Crippen MR) is 556 cm³/mol. The number of hydrogen-bond acceptors (Lipinski definition) is 9. The average Bonchev–Trinajstić information content (AvgIpc) is 1.38. The fourth-order valence-electron chi connectivity index (χ4n) is 20.5. The molecule has 12 heterocycles. The van der Waals surface area contributed by atoms with Gasteiger partial charge in [0.25, 0.3) is 6.33 Å². The van der Waals surface area contributed by atoms with E-state index in [1.807, 2.05) is 133 Å². The molecule has 0 spiro atoms. The first-order valence-electron chi connectivity index (χ1n) is 51.2. The van der Waals surface area contributed by atoms with Crippen LogP contribution in [0.3, 0.4) is 0 Å². The highest BCUT2D eigenvalue weighted by atomic mass is 16.2. The Labute approximate surface area is 819 Å². The number of fused-ring (bicyclic) bond motifs is 1. The number of guanidine groups is 2. The summed E-state index contributed by atoms with van der Waals surface area (Å²) in [5.41, 5.74) is 9.72. The lowest BCUT2D eigenvalue weighted by Gasteiger charge is -2.36. The molecule has 137 heavy (non-hydrogen) atoms. The third kappa shape index (κ3) is 31.8. The largest absolute Gasteiger partial charge is 0.350 e. The van der Waals surface area contributed by atoms with E-state index in [0.717, 1.165) is 75.3 Å². The van der Waals surface area contributed by atoms with Crippen molar-refractivity contribution in [3.8, 4) is 0 Å². The van der Waals surface area contributed by atoms with Crippen LogP contribution in [0, 0.1) is 0 Å². The summed E-state index contributed by atoms with van der Waals surface area (Å²) in [6.07, 6.45) is 35.0. The van der Waals surface area contributed by atoms with Gasteiger partial charge in [-0.05, 0) is 106 Å². The molecule has 0 unspecified atom stereocenters. The van der Waals surface area contributed by atoms with Crippen LogP contribution in [0.4, 0.5) is 0 Å². The third-order valence-corrected chi connectivity index (χ3v) is 27.2. The van der Waals surface area contributed by atoms with Crippen molar-refractivity contribution in [2.24, 2.45) is 14.1 Å². The van der Waals surface area contributed by atoms with Crippen molar-refractivity contribution in [3.63, 3.8) is 0 Å². The average molecular weight is 1850 g/mol. The van der Waals surface area contributed by atoms with Gasteiger partial charge in [-0.25, -0.2) is 18.5 Å². The van der Waals surface area contributed by atoms with Gasteiger partial charge in [0, 0.05) is 62.5 Å². The molecule has 0 bridgehead atoms. The SMILES string of the molecule is CN(C)C(N(Cc1ccccc1)C(C)(C)C)=[N+](C)C.C[N+]1=C2N(CCCN2Cc2ccccc2)CCC1.C[n+]1ccn(C(=O)Cc2ccccc2)c1.C[n+]1ccn(Cc2ccccc2)c1.O=C(CN1CCC[N+]2=C1CCC2)c1ccccc1.O=C(CN1CCC[N+]2=C1CCCCC2)c1ccccc1.c1ccc(CN2CCC[N+]3=C2CCC3)cc1.c1ccc(CN2CCC[N+]3=C2CCCCC3)cc1. The van der Waals surface area contributed by atoms with E-state index in [0.29, 0.717) is 19.5 Å². The maximum absolute atomic E-state index is 12.4. The molecule has 0 atom stereocenters. The number of ketones is 2. The lowest BCUT2D eigenvalue weighted by Crippen LogP contribution is -2.56. The lowest BCUT2D eigenvalue weighted by atomic mass is 10.0. The molecule has 10 aliphatic rings. The van der Waals surface area contributed by atoms with Crippen molar-refractivity contribution in [1.29, 1.82) is 0 Å². The molecular weight excluding hydrogens is 1690 g/mol. The number of imidazole rings is 2. The second-order valence-corrected chi connectivity index (χ2v) is 39.5. The zero-order valence-corrected chi connectivity index (χ0v) is 84.5. The molecule has 0 N–H and O–H groups in total. The van der Waals surface area contributed by atoms with E-state index < -0.39 is 0 Å². The van der Waals surface area contributed by atoms with E-state index >= 15 is 0 Å². The zero-order valence-electron chi connectivity index (χ0n) is 84.5. The number of benzene rings is 8. The summed E-state index contributed by atoms with van der Waals surface area (Å²) in [6.45, 7) is 32.1. The van der Waals surface area contributed by atoms with Crippen LogP contribution < -0.4 is 9.13 Å². The van der Waals surface area contributed by atoms with Crippen LogP contribution >= 0.6 is 0 Å². The number of nitrogens with zero attached hydrogens (tertiary/aromatic N) is 18. The minimum absolute atomic E-state index is 0.0692. The molecule has 0 saturated carbocycles. The maximum atomic E-state index is 12.4. The maximum Gasteiger partial charge on any atom is 0.350 e. The molecule has 20 rings (SSSR count). The number of aryl methyl sites for hydroxylation is 2. The first-order valence-corrected chi connectivity index (χ1v) is 51.2. The van der Waals surface area contributed by atoms with Crippen LogP contribution in [0.1, 0.15) is 195 Å². The summed E-state index contributed by atoms with van der Waals surface area (Å²) in [6, 6.07) is 82.6. The normalized spacial score (nSPS) is 16.7. The molecule has 0 aliphatic carbocycles. The zero-order chi connectivity index (χ0) is 95.9. The van der Waals surface area contributed by atoms with Crippen LogP contribution in [0.5, 0.6) is 0 Å². The Morgan fingerprint density at radius 1 is 0.350 bits per heavy atom. The van der Waals surface area contributed by atoms with Crippen molar-refractivity contribution in [1.82, 2.24) is 48.3 Å². The number of amidine groups is 4. The van der Waals surface area contributed by atoms with E-state index in [-0.39, 0.29) is 23.0 Å². The summed E-state index contributed by atoms with van der Waals surface area (Å²) >= 11 is 0. The van der Waals surface area contributed by atoms with Crippen molar-refractivity contribution in [2.45, 2.75) is 181 Å². The molecule has 10 aromatic rings. The number of rotatable bonds is 18. The highest BCUT2D eigenvalue weighted by Gasteiger charge is 2.39. The summed E-state index contributed by atoms with van der Waals surface area (Å²) in [7, 11) is 14.5. The van der Waals surface area contributed by atoms with Crippen LogP contribution in [0.25, 0.3) is 0 Å². The molecule has 1 fully saturated rings. The van der Waals surface area contributed by atoms with Crippen LogP contribution in [0.2, 0.25) is 0 Å². The Balaban J connectivity index is 0.000000133. The first kappa shape index (κ1) is 102. The Morgan fingerprint density at radius 2 is 0.693 bits per heavy atom. The lowest BCUT2D eigenvalue weighted by molar-refractivity contribution is -0.671. The van der Waals surface area contributed by atoms with E-state index in [1.54, 1.807) is 28.8 Å². The third-order valence-electron chi connectivity index (χ3n) is 27.2. The van der Waals surface area contributed by atoms with Gasteiger partial charge in [0.1, 0.15) is 57.5 Å². The number of aromatic nitrogens is 4. The standard InChI is InChI=1S/C17H23N2O.C16H28N3.C16H23N2.C15H22N3.C15H19N2O.C14H19N2.C12H13N2O.C11H13N2/c20-16(15-8-3-1-4-9-15)14-19-13-7-12-18-11-6-2-5-10-17(18)19;1-16(2,3)19(15(17(4)5)18(6)7)13-14-11-9-8-10-12-14;1-3-8-15(9-4-1)14-18-13-7-12-17-11-6-2-5-10-16(17)18;1-16-9-5-10-17-11-6-12-18(15(16)17)13-14-7-3-2-4-8-14;18-14(13-6-2-1-3-7-13)12-17-11-5-10-16-9-4-8-15(16)17;1-2-6-13(7-3-1)12-16-11-5-10-15-9-4-8-14(15)16;1-13-7-8-14(10-13)12(15)9-11-5-3-2-4-6-11;1-12-7-8-13(10-12)9-11-5-3-2-4-6-11/h1,3-4,8-9H,2,5-7,10-14H2;8-12H,13H2,1-7H3;1,3-4,8-9H,2,5-7,10-14H2;2-4,7-8H,5-6,9-13H2,1H3;1-3,6-7H,4-5,8-12H2;1-3,6-7H,4-5,8-12H2;2-8,10H,9H2,1H3;2-8,10H,9H2,1H3/q8*+1. The topological polar surface area (TPSA) is 113 Å². The molecule has 2 aromatic heterocycles. The van der Waals surface area contributed by atoms with Crippen molar-refractivity contribution in [3.05, 3.63) is 325 Å². The van der Waals surface area contributed by atoms with Crippen molar-refractivity contribution < 1.29 is 51.0 Å². The summed E-state index contributed by atoms with van der Waals surface area (Å²) in [4.78, 5) is 55.9. The van der Waals surface area contributed by atoms with Gasteiger partial charge in [0.15, 0.2) is 0 Å². The molecule has 1 saturated heterocycles. The molecular formula is C116H160N18O3+8. The van der Waals surface area contributed by atoms with Gasteiger partial charge in [-0.15, -0.1) is 0 Å². The number of carbonyl (C=O) groups excluding carboxylic acids is 3. The number of carbonyl (C=O) groups is 3. The minimum atomic E-state index is 0.0692. The molecule has 10 aliphatic heterocycles. The van der Waals surface area contributed by atoms with Gasteiger partial charge in [-0.2, -0.15) is 4.57 Å². The minimum Gasteiger partial charge on any atom is -0.290 e. The first-order chi connectivity index (χ1) is 66.7. The highest BCUT2D eigenvalue weighted by molar-refractivity contribution is 6.00. The Morgan fingerprint density at radius 3 is 1.09 bits per heavy atom. The molecule has 724 valence electrons. The summed E-state index contributed by atoms with van der Waals surface area (Å²) < 4.78 is 22.4. The van der Waals surface area contributed by atoms with Gasteiger partial charge in [-0.1, -0.05) is 243 Å². The van der Waals surface area contributed by atoms with Crippen LogP contribution in [-0.4, -0.2) is 287 Å². The molecule has 21 nitrogen and oxygen atoms in total. The van der Waals surface area contributed by atoms with Crippen molar-refractivity contribution >= 4 is 52.7 Å². The van der Waals surface area contributed by atoms with Gasteiger partial charge in [0.2, 0.25) is 41.2 Å². The molecule has 0 radical (unpaired) electrons. The van der Waals surface area contributed by atoms with Gasteiger partial charge >= 0.3 is 17.8 Å². The Bertz CT molecular complexity index is 5570. The van der Waals surface area contributed by atoms with Gasteiger partial charge < -0.3 is 0 Å². The van der Waals surface area contributed by atoms with Crippen LogP contribution in [-0.2, 0) is 53.2 Å². The fraction of sp³-hybridized carbons (Fsp3) is 0.457. The number of Topliss-reactive ketones (excluding diaryl/α,β-unsaturated/α-hetero) is 2. The summed E-state index contributed by atoms with van der Waals surface area (Å²) in [5.74, 6) is 9.23. The van der Waals surface area contributed by atoms with Gasteiger partial charge in [-0.3, -0.25) is 76.2 Å². The quantitative estimate of drug-likeness (QED) is 0.0354.